The van der Waals surface area contributed by atoms with Gasteiger partial charge in [0.1, 0.15) is 6.33 Å². The summed E-state index contributed by atoms with van der Waals surface area (Å²) in [6.07, 6.45) is 14.1. The monoisotopic (exact) mass is 297 g/mol. The molecule has 2 aliphatic rings. The maximum atomic E-state index is 12.6. The molecule has 22 heavy (non-hydrogen) atoms. The summed E-state index contributed by atoms with van der Waals surface area (Å²) in [6.45, 7) is 0.844. The van der Waals surface area contributed by atoms with Crippen LogP contribution in [0.5, 0.6) is 0 Å². The Morgan fingerprint density at radius 1 is 1.14 bits per heavy atom. The molecular weight excluding hydrogens is 278 g/mol. The molecule has 114 valence electrons. The highest BCUT2D eigenvalue weighted by Crippen LogP contribution is 2.36. The fourth-order valence-electron chi connectivity index (χ4n) is 3.28. The van der Waals surface area contributed by atoms with Crippen molar-refractivity contribution in [2.24, 2.45) is 5.92 Å². The molecular formula is C16H19N5O. The van der Waals surface area contributed by atoms with E-state index < -0.39 is 0 Å². The minimum atomic E-state index is 0.0732. The van der Waals surface area contributed by atoms with Gasteiger partial charge in [-0.3, -0.25) is 14.3 Å². The van der Waals surface area contributed by atoms with E-state index in [4.69, 9.17) is 4.98 Å². The fourth-order valence-corrected chi connectivity index (χ4v) is 3.28. The zero-order valence-electron chi connectivity index (χ0n) is 12.4. The number of hydrogen-bond acceptors (Lipinski definition) is 4. The van der Waals surface area contributed by atoms with Crippen LogP contribution in [0.4, 0.5) is 0 Å². The van der Waals surface area contributed by atoms with Gasteiger partial charge in [-0.2, -0.15) is 0 Å². The van der Waals surface area contributed by atoms with Gasteiger partial charge in [0.2, 0.25) is 5.91 Å². The van der Waals surface area contributed by atoms with Gasteiger partial charge in [-0.15, -0.1) is 0 Å². The Morgan fingerprint density at radius 3 is 2.77 bits per heavy atom. The van der Waals surface area contributed by atoms with Crippen molar-refractivity contribution in [1.29, 1.82) is 0 Å². The lowest BCUT2D eigenvalue weighted by molar-refractivity contribution is -0.139. The van der Waals surface area contributed by atoms with E-state index in [9.17, 15) is 4.79 Å². The van der Waals surface area contributed by atoms with Crippen LogP contribution in [-0.2, 0) is 4.79 Å². The van der Waals surface area contributed by atoms with Crippen LogP contribution in [0.3, 0.4) is 0 Å². The number of nitrogens with zero attached hydrogens (tertiary/aromatic N) is 5. The van der Waals surface area contributed by atoms with E-state index in [1.807, 2.05) is 15.7 Å². The Bertz CT molecular complexity index is 665. The normalized spacial score (nSPS) is 21.8. The second-order valence-electron chi connectivity index (χ2n) is 6.09. The third kappa shape index (κ3) is 2.28. The molecule has 1 saturated carbocycles. The molecule has 1 amide bonds. The molecule has 3 heterocycles. The molecule has 1 aliphatic heterocycles. The highest BCUT2D eigenvalue weighted by atomic mass is 16.2. The summed E-state index contributed by atoms with van der Waals surface area (Å²) >= 11 is 0. The van der Waals surface area contributed by atoms with Crippen molar-refractivity contribution in [3.8, 4) is 5.82 Å². The highest BCUT2D eigenvalue weighted by molar-refractivity contribution is 5.80. The molecule has 6 heteroatoms. The number of imidazole rings is 1. The molecule has 0 radical (unpaired) electrons. The highest BCUT2D eigenvalue weighted by Gasteiger charge is 2.36. The van der Waals surface area contributed by atoms with Crippen molar-refractivity contribution in [1.82, 2.24) is 24.4 Å². The fraction of sp³-hybridized carbons (Fsp3) is 0.500. The van der Waals surface area contributed by atoms with Gasteiger partial charge < -0.3 is 4.90 Å². The summed E-state index contributed by atoms with van der Waals surface area (Å²) in [4.78, 5) is 27.7. The zero-order valence-corrected chi connectivity index (χ0v) is 12.4. The Kier molecular flexibility index (Phi) is 3.36. The van der Waals surface area contributed by atoms with E-state index in [0.717, 1.165) is 43.7 Å². The van der Waals surface area contributed by atoms with Crippen LogP contribution in [-0.4, -0.2) is 36.9 Å². The summed E-state index contributed by atoms with van der Waals surface area (Å²) in [7, 11) is 0. The van der Waals surface area contributed by atoms with E-state index in [-0.39, 0.29) is 12.0 Å². The molecule has 1 aliphatic carbocycles. The second kappa shape index (κ2) is 5.51. The number of carbonyl (C=O) groups is 1. The smallest absolute Gasteiger partial charge is 0.226 e. The number of likely N-dealkylation sites (tertiary alicyclic amines) is 1. The first-order chi connectivity index (χ1) is 10.8. The second-order valence-corrected chi connectivity index (χ2v) is 6.09. The van der Waals surface area contributed by atoms with Crippen LogP contribution in [0, 0.1) is 5.92 Å². The third-order valence-electron chi connectivity index (χ3n) is 4.74. The molecule has 2 aromatic heterocycles. The van der Waals surface area contributed by atoms with Crippen molar-refractivity contribution in [3.63, 3.8) is 0 Å². The minimum absolute atomic E-state index is 0.0732. The average Bonchev–Trinajstić information content (AvgIpc) is 3.17. The molecule has 6 nitrogen and oxygen atoms in total. The predicted octanol–water partition coefficient (Wildman–Crippen LogP) is 2.13. The molecule has 2 aromatic rings. The van der Waals surface area contributed by atoms with Gasteiger partial charge in [-0.25, -0.2) is 9.97 Å². The Morgan fingerprint density at radius 2 is 2.05 bits per heavy atom. The molecule has 1 saturated heterocycles. The van der Waals surface area contributed by atoms with Gasteiger partial charge in [0.15, 0.2) is 5.82 Å². The molecule has 1 unspecified atom stereocenters. The van der Waals surface area contributed by atoms with Gasteiger partial charge in [-0.1, -0.05) is 6.42 Å². The van der Waals surface area contributed by atoms with Gasteiger partial charge >= 0.3 is 0 Å². The standard InChI is InChI=1S/C16H19N5O/c22-16(12-3-1-4-12)21-7-2-5-14(21)13-9-18-10-15(19-13)20-8-6-17-11-20/h6,8-12,14H,1-5,7H2. The molecule has 0 spiro atoms. The molecule has 2 fully saturated rings. The number of rotatable bonds is 3. The zero-order chi connectivity index (χ0) is 14.9. The lowest BCUT2D eigenvalue weighted by Crippen LogP contribution is -2.38. The first kappa shape index (κ1) is 13.4. The maximum absolute atomic E-state index is 12.6. The number of carbonyl (C=O) groups excluding carboxylic acids is 1. The van der Waals surface area contributed by atoms with Crippen molar-refractivity contribution in [2.75, 3.05) is 6.54 Å². The third-order valence-corrected chi connectivity index (χ3v) is 4.74. The first-order valence-corrected chi connectivity index (χ1v) is 7.93. The number of hydrogen-bond donors (Lipinski definition) is 0. The topological polar surface area (TPSA) is 63.9 Å². The predicted molar refractivity (Wildman–Crippen MR) is 80.2 cm³/mol. The summed E-state index contributed by atoms with van der Waals surface area (Å²) in [5.41, 5.74) is 0.886. The average molecular weight is 297 g/mol. The van der Waals surface area contributed by atoms with E-state index in [0.29, 0.717) is 5.91 Å². The Hall–Kier alpha value is -2.24. The molecule has 0 aromatic carbocycles. The Balaban J connectivity index is 1.60. The van der Waals surface area contributed by atoms with Gasteiger partial charge in [0.05, 0.1) is 24.1 Å². The van der Waals surface area contributed by atoms with Crippen molar-refractivity contribution in [3.05, 3.63) is 36.8 Å². The van der Waals surface area contributed by atoms with Gasteiger partial charge in [0, 0.05) is 24.9 Å². The van der Waals surface area contributed by atoms with Crippen LogP contribution < -0.4 is 0 Å². The van der Waals surface area contributed by atoms with Crippen LogP contribution in [0.1, 0.15) is 43.8 Å². The number of amides is 1. The van der Waals surface area contributed by atoms with E-state index in [2.05, 4.69) is 9.97 Å². The first-order valence-electron chi connectivity index (χ1n) is 7.93. The summed E-state index contributed by atoms with van der Waals surface area (Å²) < 4.78 is 1.84. The SMILES string of the molecule is O=C(C1CCC1)N1CCCC1c1cncc(-n2ccnc2)n1. The van der Waals surface area contributed by atoms with Crippen LogP contribution in [0.15, 0.2) is 31.1 Å². The Labute approximate surface area is 129 Å². The van der Waals surface area contributed by atoms with Crippen molar-refractivity contribution >= 4 is 5.91 Å². The van der Waals surface area contributed by atoms with Crippen molar-refractivity contribution < 1.29 is 4.79 Å². The van der Waals surface area contributed by atoms with Crippen LogP contribution in [0.25, 0.3) is 5.82 Å². The summed E-state index contributed by atoms with van der Waals surface area (Å²) in [5.74, 6) is 1.30. The van der Waals surface area contributed by atoms with E-state index >= 15 is 0 Å². The lowest BCUT2D eigenvalue weighted by Gasteiger charge is -2.32. The van der Waals surface area contributed by atoms with Crippen LogP contribution >= 0.6 is 0 Å². The lowest BCUT2D eigenvalue weighted by atomic mass is 9.84. The van der Waals surface area contributed by atoms with Gasteiger partial charge in [0.25, 0.3) is 0 Å². The summed E-state index contributed by atoms with van der Waals surface area (Å²) in [6, 6.07) is 0.0732. The molecule has 0 bridgehead atoms. The van der Waals surface area contributed by atoms with E-state index in [1.165, 1.54) is 6.42 Å². The largest absolute Gasteiger partial charge is 0.334 e. The van der Waals surface area contributed by atoms with Crippen LogP contribution in [0.2, 0.25) is 0 Å². The van der Waals surface area contributed by atoms with Crippen molar-refractivity contribution in [2.45, 2.75) is 38.1 Å². The minimum Gasteiger partial charge on any atom is -0.334 e. The van der Waals surface area contributed by atoms with Gasteiger partial charge in [-0.05, 0) is 25.7 Å². The molecule has 1 atom stereocenters. The molecule has 0 N–H and O–H groups in total. The van der Waals surface area contributed by atoms with E-state index in [1.54, 1.807) is 24.9 Å². The number of aromatic nitrogens is 4. The molecule has 4 rings (SSSR count). The maximum Gasteiger partial charge on any atom is 0.226 e. The summed E-state index contributed by atoms with van der Waals surface area (Å²) in [5, 5.41) is 0. The quantitative estimate of drug-likeness (QED) is 0.870.